The van der Waals surface area contributed by atoms with Gasteiger partial charge in [0.1, 0.15) is 6.26 Å². The quantitative estimate of drug-likeness (QED) is 0.419. The fourth-order valence-electron chi connectivity index (χ4n) is 5.48. The molecular weight excluding hydrogens is 480 g/mol. The van der Waals surface area contributed by atoms with Crippen molar-refractivity contribution in [3.05, 3.63) is 89.6 Å². The normalized spacial score (nSPS) is 17.6. The maximum atomic E-state index is 13.0. The molecule has 0 radical (unpaired) electrons. The average Bonchev–Trinajstić information content (AvgIpc) is 3.43. The van der Waals surface area contributed by atoms with E-state index < -0.39 is 0 Å². The van der Waals surface area contributed by atoms with Gasteiger partial charge in [-0.2, -0.15) is 0 Å². The molecule has 3 aromatic rings. The summed E-state index contributed by atoms with van der Waals surface area (Å²) in [5.74, 6) is 0.128. The number of carbonyl (C=O) groups is 2. The fourth-order valence-corrected chi connectivity index (χ4v) is 5.48. The minimum atomic E-state index is -0.165. The van der Waals surface area contributed by atoms with Crippen molar-refractivity contribution in [3.8, 4) is 0 Å². The van der Waals surface area contributed by atoms with E-state index in [4.69, 9.17) is 9.15 Å². The number of piperidine rings is 1. The molecule has 38 heavy (non-hydrogen) atoms. The summed E-state index contributed by atoms with van der Waals surface area (Å²) in [6.45, 7) is 7.46. The molecule has 1 aromatic heterocycles. The van der Waals surface area contributed by atoms with Gasteiger partial charge in [-0.05, 0) is 30.9 Å². The zero-order valence-corrected chi connectivity index (χ0v) is 22.0. The molecule has 2 aromatic carbocycles. The van der Waals surface area contributed by atoms with E-state index in [0.717, 1.165) is 26.2 Å². The van der Waals surface area contributed by atoms with Gasteiger partial charge in [0.2, 0.25) is 5.89 Å². The van der Waals surface area contributed by atoms with Crippen molar-refractivity contribution in [3.63, 3.8) is 0 Å². The number of benzene rings is 2. The summed E-state index contributed by atoms with van der Waals surface area (Å²) in [6, 6.07) is 21.6. The first kappa shape index (κ1) is 26.1. The Labute approximate surface area is 224 Å². The number of hydrogen-bond donors (Lipinski definition) is 0. The van der Waals surface area contributed by atoms with E-state index in [1.807, 2.05) is 6.92 Å². The average molecular weight is 517 g/mol. The van der Waals surface area contributed by atoms with E-state index in [9.17, 15) is 9.59 Å². The number of amides is 1. The van der Waals surface area contributed by atoms with Gasteiger partial charge in [0.25, 0.3) is 5.91 Å². The molecule has 2 saturated heterocycles. The number of hydrogen-bond acceptors (Lipinski definition) is 7. The summed E-state index contributed by atoms with van der Waals surface area (Å²) in [5, 5.41) is 0. The molecule has 5 rings (SSSR count). The van der Waals surface area contributed by atoms with Crippen LogP contribution in [-0.2, 0) is 16.1 Å². The summed E-state index contributed by atoms with van der Waals surface area (Å²) in [7, 11) is 0. The number of ether oxygens (including phenoxy) is 1. The van der Waals surface area contributed by atoms with E-state index in [0.29, 0.717) is 50.7 Å². The molecule has 8 heteroatoms. The lowest BCUT2D eigenvalue weighted by atomic mass is 9.96. The number of aromatic nitrogens is 1. The molecule has 0 spiro atoms. The molecule has 0 atom stereocenters. The number of carbonyl (C=O) groups excluding carboxylic acids is 2. The molecule has 2 fully saturated rings. The molecular formula is C30H36N4O4. The van der Waals surface area contributed by atoms with Crippen LogP contribution >= 0.6 is 0 Å². The lowest BCUT2D eigenvalue weighted by Crippen LogP contribution is -2.47. The topological polar surface area (TPSA) is 79.1 Å². The van der Waals surface area contributed by atoms with Gasteiger partial charge < -0.3 is 14.1 Å². The molecule has 0 N–H and O–H groups in total. The zero-order chi connectivity index (χ0) is 26.3. The smallest absolute Gasteiger partial charge is 0.309 e. The number of piperazine rings is 1. The standard InChI is InChI=1S/C30H36N4O4/c1-2-37-30(36)25-13-15-34(16-14-25)29(35)26-22-38-27(31-26)21-32-17-19-33(20-18-32)28(23-9-5-3-6-10-23)24-11-7-4-8-12-24/h3-12,22,25,28H,2,13-21H2,1H3. The zero-order valence-electron chi connectivity index (χ0n) is 22.0. The van der Waals surface area contributed by atoms with Gasteiger partial charge in [-0.25, -0.2) is 4.98 Å². The molecule has 0 bridgehead atoms. The lowest BCUT2D eigenvalue weighted by Gasteiger charge is -2.39. The van der Waals surface area contributed by atoms with Crippen LogP contribution in [0.3, 0.4) is 0 Å². The summed E-state index contributed by atoms with van der Waals surface area (Å²) in [5.41, 5.74) is 2.94. The van der Waals surface area contributed by atoms with Crippen molar-refractivity contribution in [1.29, 1.82) is 0 Å². The van der Waals surface area contributed by atoms with Crippen LogP contribution in [0.4, 0.5) is 0 Å². The highest BCUT2D eigenvalue weighted by atomic mass is 16.5. The number of nitrogens with zero attached hydrogens (tertiary/aromatic N) is 4. The van der Waals surface area contributed by atoms with Crippen LogP contribution in [-0.4, -0.2) is 77.4 Å². The monoisotopic (exact) mass is 516 g/mol. The molecule has 8 nitrogen and oxygen atoms in total. The largest absolute Gasteiger partial charge is 0.466 e. The third-order valence-corrected chi connectivity index (χ3v) is 7.53. The highest BCUT2D eigenvalue weighted by Gasteiger charge is 2.30. The second-order valence-corrected chi connectivity index (χ2v) is 9.98. The number of likely N-dealkylation sites (tertiary alicyclic amines) is 1. The summed E-state index contributed by atoms with van der Waals surface area (Å²) in [4.78, 5) is 36.1. The van der Waals surface area contributed by atoms with E-state index in [-0.39, 0.29) is 23.8 Å². The van der Waals surface area contributed by atoms with Crippen LogP contribution in [0.15, 0.2) is 71.3 Å². The summed E-state index contributed by atoms with van der Waals surface area (Å²) < 4.78 is 10.8. The molecule has 3 heterocycles. The molecule has 0 unspecified atom stereocenters. The lowest BCUT2D eigenvalue weighted by molar-refractivity contribution is -0.149. The molecule has 0 saturated carbocycles. The van der Waals surface area contributed by atoms with Gasteiger partial charge in [-0.3, -0.25) is 19.4 Å². The molecule has 0 aliphatic carbocycles. The molecule has 1 amide bonds. The molecule has 2 aliphatic rings. The van der Waals surface area contributed by atoms with Crippen molar-refractivity contribution in [2.24, 2.45) is 5.92 Å². The van der Waals surface area contributed by atoms with Crippen molar-refractivity contribution in [2.75, 3.05) is 45.9 Å². The van der Waals surface area contributed by atoms with Gasteiger partial charge in [0, 0.05) is 39.3 Å². The van der Waals surface area contributed by atoms with Crippen LogP contribution in [0.2, 0.25) is 0 Å². The van der Waals surface area contributed by atoms with E-state index in [2.05, 4.69) is 75.4 Å². The van der Waals surface area contributed by atoms with Gasteiger partial charge >= 0.3 is 5.97 Å². The maximum Gasteiger partial charge on any atom is 0.309 e. The highest BCUT2D eigenvalue weighted by molar-refractivity contribution is 5.92. The predicted molar refractivity (Wildman–Crippen MR) is 143 cm³/mol. The van der Waals surface area contributed by atoms with E-state index in [1.165, 1.54) is 17.4 Å². The minimum absolute atomic E-state index is 0.131. The first-order chi connectivity index (χ1) is 18.6. The minimum Gasteiger partial charge on any atom is -0.466 e. The van der Waals surface area contributed by atoms with Crippen LogP contribution in [0, 0.1) is 5.92 Å². The van der Waals surface area contributed by atoms with Crippen molar-refractivity contribution >= 4 is 11.9 Å². The Morgan fingerprint density at radius 1 is 0.921 bits per heavy atom. The maximum absolute atomic E-state index is 13.0. The Kier molecular flexibility index (Phi) is 8.51. The second kappa shape index (κ2) is 12.4. The Balaban J connectivity index is 1.15. The van der Waals surface area contributed by atoms with Gasteiger partial charge in [0.05, 0.1) is 25.1 Å². The number of esters is 1. The van der Waals surface area contributed by atoms with Gasteiger partial charge in [0.15, 0.2) is 5.69 Å². The fraction of sp³-hybridized carbons (Fsp3) is 0.433. The molecule has 200 valence electrons. The third-order valence-electron chi connectivity index (χ3n) is 7.53. The first-order valence-corrected chi connectivity index (χ1v) is 13.6. The van der Waals surface area contributed by atoms with E-state index in [1.54, 1.807) is 4.90 Å². The number of oxazole rings is 1. The van der Waals surface area contributed by atoms with E-state index >= 15 is 0 Å². The Morgan fingerprint density at radius 2 is 1.53 bits per heavy atom. The Hall–Kier alpha value is -3.49. The van der Waals surface area contributed by atoms with Crippen LogP contribution in [0.5, 0.6) is 0 Å². The van der Waals surface area contributed by atoms with Crippen molar-refractivity contribution in [1.82, 2.24) is 19.7 Å². The van der Waals surface area contributed by atoms with Gasteiger partial charge in [-0.15, -0.1) is 0 Å². The predicted octanol–water partition coefficient (Wildman–Crippen LogP) is 4.00. The summed E-state index contributed by atoms with van der Waals surface area (Å²) >= 11 is 0. The van der Waals surface area contributed by atoms with Crippen LogP contribution in [0.1, 0.15) is 53.3 Å². The van der Waals surface area contributed by atoms with Crippen molar-refractivity contribution < 1.29 is 18.7 Å². The molecule has 2 aliphatic heterocycles. The van der Waals surface area contributed by atoms with Crippen LogP contribution < -0.4 is 0 Å². The Morgan fingerprint density at radius 3 is 2.11 bits per heavy atom. The van der Waals surface area contributed by atoms with Gasteiger partial charge in [-0.1, -0.05) is 60.7 Å². The second-order valence-electron chi connectivity index (χ2n) is 9.98. The number of rotatable bonds is 8. The Bertz CT molecular complexity index is 1140. The first-order valence-electron chi connectivity index (χ1n) is 13.6. The van der Waals surface area contributed by atoms with Crippen molar-refractivity contribution in [2.45, 2.75) is 32.4 Å². The summed E-state index contributed by atoms with van der Waals surface area (Å²) in [6.07, 6.45) is 2.70. The highest BCUT2D eigenvalue weighted by Crippen LogP contribution is 2.29. The third kappa shape index (κ3) is 6.14. The SMILES string of the molecule is CCOC(=O)C1CCN(C(=O)c2coc(CN3CCN(C(c4ccccc4)c4ccccc4)CC3)n2)CC1. The van der Waals surface area contributed by atoms with Crippen LogP contribution in [0.25, 0.3) is 0 Å².